The molecule has 0 fully saturated rings. The molecule has 1 heterocycles. The Balaban J connectivity index is 2.04. The number of sulfonamides is 1. The van der Waals surface area contributed by atoms with Gasteiger partial charge in [0.05, 0.1) is 20.8 Å². The Bertz CT molecular complexity index is 1080. The van der Waals surface area contributed by atoms with Gasteiger partial charge in [0.15, 0.2) is 0 Å². The van der Waals surface area contributed by atoms with Gasteiger partial charge in [-0.25, -0.2) is 8.42 Å². The Morgan fingerprint density at radius 3 is 2.56 bits per heavy atom. The van der Waals surface area contributed by atoms with Gasteiger partial charge in [-0.3, -0.25) is 14.1 Å². The molecule has 0 atom stereocenters. The number of nitrogens with one attached hydrogen (secondary N) is 1. The van der Waals surface area contributed by atoms with Gasteiger partial charge in [-0.1, -0.05) is 23.5 Å². The molecule has 0 saturated carbocycles. The second kappa shape index (κ2) is 6.86. The number of hydrogen-bond donors (Lipinski definition) is 1. The van der Waals surface area contributed by atoms with Crippen LogP contribution in [0.4, 0.5) is 5.69 Å². The Labute approximate surface area is 154 Å². The standard InChI is InChI=1S/C17H18N2O3S3/c1-11(2)19-14-9-8-12(10-16(14)24-17(19)20)25(21,22)18-13-6-4-5-7-15(13)23-3/h4-11,18H,1-3H3. The van der Waals surface area contributed by atoms with Crippen molar-refractivity contribution in [1.29, 1.82) is 0 Å². The normalized spacial score (nSPS) is 12.0. The maximum atomic E-state index is 12.7. The minimum Gasteiger partial charge on any atom is -0.296 e. The second-order valence-corrected chi connectivity index (χ2v) is 9.29. The summed E-state index contributed by atoms with van der Waals surface area (Å²) in [5.41, 5.74) is 1.30. The number of nitrogens with zero attached hydrogens (tertiary/aromatic N) is 1. The van der Waals surface area contributed by atoms with E-state index in [9.17, 15) is 13.2 Å². The van der Waals surface area contributed by atoms with Crippen LogP contribution in [0.3, 0.4) is 0 Å². The summed E-state index contributed by atoms with van der Waals surface area (Å²) in [5.74, 6) is 0. The number of hydrogen-bond acceptors (Lipinski definition) is 5. The van der Waals surface area contributed by atoms with Gasteiger partial charge in [0, 0.05) is 10.9 Å². The molecule has 25 heavy (non-hydrogen) atoms. The number of benzene rings is 2. The van der Waals surface area contributed by atoms with E-state index in [2.05, 4.69) is 4.72 Å². The van der Waals surface area contributed by atoms with Gasteiger partial charge in [-0.2, -0.15) is 0 Å². The zero-order chi connectivity index (χ0) is 18.2. The first-order chi connectivity index (χ1) is 11.8. The summed E-state index contributed by atoms with van der Waals surface area (Å²) >= 11 is 2.54. The lowest BCUT2D eigenvalue weighted by atomic mass is 10.3. The summed E-state index contributed by atoms with van der Waals surface area (Å²) in [4.78, 5) is 13.0. The molecular weight excluding hydrogens is 376 g/mol. The number of thiazole rings is 1. The SMILES string of the molecule is CSc1ccccc1NS(=O)(=O)c1ccc2c(c1)sc(=O)n2C(C)C. The van der Waals surface area contributed by atoms with Crippen LogP contribution >= 0.6 is 23.1 Å². The van der Waals surface area contributed by atoms with Crippen LogP contribution in [0.25, 0.3) is 10.2 Å². The molecule has 0 aliphatic carbocycles. The number of fused-ring (bicyclic) bond motifs is 1. The highest BCUT2D eigenvalue weighted by Crippen LogP contribution is 2.29. The molecule has 5 nitrogen and oxygen atoms in total. The van der Waals surface area contributed by atoms with Crippen molar-refractivity contribution < 1.29 is 8.42 Å². The number of thioether (sulfide) groups is 1. The van der Waals surface area contributed by atoms with Crippen molar-refractivity contribution in [1.82, 2.24) is 4.57 Å². The van der Waals surface area contributed by atoms with Crippen molar-refractivity contribution in [3.8, 4) is 0 Å². The van der Waals surface area contributed by atoms with Crippen molar-refractivity contribution in [3.63, 3.8) is 0 Å². The molecule has 3 rings (SSSR count). The molecule has 2 aromatic carbocycles. The Hall–Kier alpha value is -1.77. The highest BCUT2D eigenvalue weighted by Gasteiger charge is 2.18. The quantitative estimate of drug-likeness (QED) is 0.660. The van der Waals surface area contributed by atoms with Gasteiger partial charge in [0.25, 0.3) is 10.0 Å². The van der Waals surface area contributed by atoms with Gasteiger partial charge < -0.3 is 0 Å². The van der Waals surface area contributed by atoms with Crippen LogP contribution in [-0.2, 0) is 10.0 Å². The van der Waals surface area contributed by atoms with E-state index in [1.54, 1.807) is 28.8 Å². The molecular formula is C17H18N2O3S3. The van der Waals surface area contributed by atoms with Crippen molar-refractivity contribution in [2.75, 3.05) is 11.0 Å². The largest absolute Gasteiger partial charge is 0.308 e. The smallest absolute Gasteiger partial charge is 0.296 e. The molecule has 0 amide bonds. The van der Waals surface area contributed by atoms with Gasteiger partial charge in [0.2, 0.25) is 0 Å². The second-order valence-electron chi connectivity index (χ2n) is 5.77. The number of anilines is 1. The van der Waals surface area contributed by atoms with Crippen molar-refractivity contribution >= 4 is 49.0 Å². The molecule has 0 aliphatic rings. The van der Waals surface area contributed by atoms with Gasteiger partial charge in [-0.15, -0.1) is 11.8 Å². The van der Waals surface area contributed by atoms with E-state index in [4.69, 9.17) is 0 Å². The Kier molecular flexibility index (Phi) is 4.95. The van der Waals surface area contributed by atoms with E-state index < -0.39 is 10.0 Å². The summed E-state index contributed by atoms with van der Waals surface area (Å²) in [6, 6.07) is 12.1. The molecule has 0 radical (unpaired) electrons. The minimum absolute atomic E-state index is 0.0234. The average Bonchev–Trinajstić information content (AvgIpc) is 2.90. The highest BCUT2D eigenvalue weighted by atomic mass is 32.2. The van der Waals surface area contributed by atoms with Crippen LogP contribution in [0.2, 0.25) is 0 Å². The lowest BCUT2D eigenvalue weighted by Crippen LogP contribution is -2.15. The zero-order valence-electron chi connectivity index (χ0n) is 14.0. The van der Waals surface area contributed by atoms with Crippen LogP contribution in [0, 0.1) is 0 Å². The monoisotopic (exact) mass is 394 g/mol. The molecule has 0 bridgehead atoms. The van der Waals surface area contributed by atoms with Crippen molar-refractivity contribution in [2.24, 2.45) is 0 Å². The first kappa shape index (κ1) is 18.0. The number of aromatic nitrogens is 1. The zero-order valence-corrected chi connectivity index (χ0v) is 16.5. The lowest BCUT2D eigenvalue weighted by molar-refractivity contribution is 0.601. The van der Waals surface area contributed by atoms with Crippen LogP contribution < -0.4 is 9.60 Å². The lowest BCUT2D eigenvalue weighted by Gasteiger charge is -2.12. The predicted octanol–water partition coefficient (Wildman–Crippen LogP) is 4.17. The third kappa shape index (κ3) is 3.47. The molecule has 132 valence electrons. The summed E-state index contributed by atoms with van der Waals surface area (Å²) in [7, 11) is -3.73. The van der Waals surface area contributed by atoms with E-state index >= 15 is 0 Å². The summed E-state index contributed by atoms with van der Waals surface area (Å²) in [6.45, 7) is 3.86. The fraction of sp³-hybridized carbons (Fsp3) is 0.235. The topological polar surface area (TPSA) is 68.2 Å². The number of para-hydroxylation sites is 1. The first-order valence-corrected chi connectivity index (χ1v) is 11.2. The molecule has 1 N–H and O–H groups in total. The molecule has 1 aromatic heterocycles. The average molecular weight is 395 g/mol. The van der Waals surface area contributed by atoms with Gasteiger partial charge in [-0.05, 0) is 50.4 Å². The molecule has 0 aliphatic heterocycles. The first-order valence-electron chi connectivity index (χ1n) is 7.64. The van der Waals surface area contributed by atoms with E-state index in [1.807, 2.05) is 32.2 Å². The number of rotatable bonds is 5. The maximum Gasteiger partial charge on any atom is 0.308 e. The highest BCUT2D eigenvalue weighted by molar-refractivity contribution is 7.99. The predicted molar refractivity (Wildman–Crippen MR) is 106 cm³/mol. The molecule has 0 spiro atoms. The van der Waals surface area contributed by atoms with Crippen LogP contribution in [0.1, 0.15) is 19.9 Å². The minimum atomic E-state index is -3.73. The van der Waals surface area contributed by atoms with Crippen LogP contribution in [-0.4, -0.2) is 19.2 Å². The van der Waals surface area contributed by atoms with Crippen LogP contribution in [0.15, 0.2) is 57.1 Å². The van der Waals surface area contributed by atoms with E-state index in [1.165, 1.54) is 17.8 Å². The van der Waals surface area contributed by atoms with Gasteiger partial charge in [0.1, 0.15) is 0 Å². The van der Waals surface area contributed by atoms with Crippen molar-refractivity contribution in [3.05, 3.63) is 52.1 Å². The molecule has 3 aromatic rings. The van der Waals surface area contributed by atoms with E-state index in [0.717, 1.165) is 21.7 Å². The van der Waals surface area contributed by atoms with E-state index in [0.29, 0.717) is 10.4 Å². The Morgan fingerprint density at radius 1 is 1.16 bits per heavy atom. The molecule has 0 saturated heterocycles. The summed E-state index contributed by atoms with van der Waals surface area (Å²) < 4.78 is 30.5. The maximum absolute atomic E-state index is 12.7. The van der Waals surface area contributed by atoms with E-state index in [-0.39, 0.29) is 15.8 Å². The fourth-order valence-electron chi connectivity index (χ4n) is 2.61. The Morgan fingerprint density at radius 2 is 1.88 bits per heavy atom. The third-order valence-corrected chi connectivity index (χ3v) is 6.84. The molecule has 0 unspecified atom stereocenters. The summed E-state index contributed by atoms with van der Waals surface area (Å²) in [6.07, 6.45) is 1.89. The summed E-state index contributed by atoms with van der Waals surface area (Å²) in [5, 5.41) is 0. The molecule has 8 heteroatoms. The van der Waals surface area contributed by atoms with Crippen molar-refractivity contribution in [2.45, 2.75) is 29.7 Å². The fourth-order valence-corrected chi connectivity index (χ4v) is 5.46. The third-order valence-electron chi connectivity index (χ3n) is 3.76. The van der Waals surface area contributed by atoms with Crippen LogP contribution in [0.5, 0.6) is 0 Å². The van der Waals surface area contributed by atoms with Gasteiger partial charge >= 0.3 is 4.87 Å².